The quantitative estimate of drug-likeness (QED) is 0.403. The van der Waals surface area contributed by atoms with Crippen LogP contribution in [0.4, 0.5) is 4.39 Å². The van der Waals surface area contributed by atoms with Gasteiger partial charge in [0.1, 0.15) is 0 Å². The largest absolute Gasteiger partial charge is 0.461 e. The standard InChI is InChI=1S/C17H17Cl2FO2/c1-3-22-17(21)16(20)10(2)4-5-11-8-13(11)12-6-7-14(18)15(19)9-12/h4-7,9,11,13H,3,8H2,1-2H3. The molecule has 118 valence electrons. The fraction of sp³-hybridized carbons (Fsp3) is 0.353. The van der Waals surface area contributed by atoms with E-state index >= 15 is 0 Å². The molecule has 0 radical (unpaired) electrons. The number of carbonyl (C=O) groups is 1. The molecule has 2 rings (SSSR count). The number of ether oxygens (including phenoxy) is 1. The third kappa shape index (κ3) is 4.11. The lowest BCUT2D eigenvalue weighted by Crippen LogP contribution is -2.05. The van der Waals surface area contributed by atoms with Crippen LogP contribution in [0.3, 0.4) is 0 Å². The van der Waals surface area contributed by atoms with Gasteiger partial charge in [0.15, 0.2) is 0 Å². The minimum atomic E-state index is -0.915. The number of benzene rings is 1. The van der Waals surface area contributed by atoms with E-state index in [1.807, 2.05) is 18.2 Å². The molecule has 5 heteroatoms. The van der Waals surface area contributed by atoms with Crippen molar-refractivity contribution in [1.29, 1.82) is 0 Å². The van der Waals surface area contributed by atoms with Crippen molar-refractivity contribution in [1.82, 2.24) is 0 Å². The number of carbonyl (C=O) groups excluding carboxylic acids is 1. The molecule has 0 bridgehead atoms. The molecule has 1 aromatic rings. The van der Waals surface area contributed by atoms with E-state index in [1.165, 1.54) is 0 Å². The van der Waals surface area contributed by atoms with Gasteiger partial charge in [-0.3, -0.25) is 0 Å². The zero-order chi connectivity index (χ0) is 16.3. The van der Waals surface area contributed by atoms with Crippen molar-refractivity contribution < 1.29 is 13.9 Å². The second kappa shape index (κ2) is 7.30. The van der Waals surface area contributed by atoms with E-state index in [1.54, 1.807) is 26.0 Å². The Labute approximate surface area is 139 Å². The Morgan fingerprint density at radius 1 is 1.41 bits per heavy atom. The first-order chi connectivity index (χ1) is 10.4. The highest BCUT2D eigenvalue weighted by Crippen LogP contribution is 2.49. The molecule has 1 aliphatic carbocycles. The smallest absolute Gasteiger partial charge is 0.367 e. The van der Waals surface area contributed by atoms with Crippen LogP contribution in [0.5, 0.6) is 0 Å². The molecular weight excluding hydrogens is 326 g/mol. The van der Waals surface area contributed by atoms with Crippen LogP contribution in [0, 0.1) is 5.92 Å². The van der Waals surface area contributed by atoms with Crippen LogP contribution < -0.4 is 0 Å². The van der Waals surface area contributed by atoms with Crippen molar-refractivity contribution in [2.45, 2.75) is 26.2 Å². The lowest BCUT2D eigenvalue weighted by molar-refractivity contribution is -0.140. The minimum Gasteiger partial charge on any atom is -0.461 e. The molecule has 0 saturated heterocycles. The van der Waals surface area contributed by atoms with E-state index in [9.17, 15) is 9.18 Å². The predicted molar refractivity (Wildman–Crippen MR) is 86.9 cm³/mol. The Kier molecular flexibility index (Phi) is 5.65. The van der Waals surface area contributed by atoms with Crippen LogP contribution >= 0.6 is 23.2 Å². The van der Waals surface area contributed by atoms with Crippen LogP contribution in [0.15, 0.2) is 41.8 Å². The molecule has 1 aliphatic rings. The first-order valence-corrected chi connectivity index (χ1v) is 7.86. The molecule has 0 amide bonds. The van der Waals surface area contributed by atoms with Gasteiger partial charge in [0.25, 0.3) is 0 Å². The zero-order valence-electron chi connectivity index (χ0n) is 12.4. The van der Waals surface area contributed by atoms with Gasteiger partial charge in [0.05, 0.1) is 16.7 Å². The highest BCUT2D eigenvalue weighted by molar-refractivity contribution is 6.42. The summed E-state index contributed by atoms with van der Waals surface area (Å²) in [6.45, 7) is 3.35. The minimum absolute atomic E-state index is 0.158. The van der Waals surface area contributed by atoms with Gasteiger partial charge >= 0.3 is 5.97 Å². The summed E-state index contributed by atoms with van der Waals surface area (Å²) in [7, 11) is 0. The summed E-state index contributed by atoms with van der Waals surface area (Å²) in [5, 5.41) is 1.08. The molecule has 1 saturated carbocycles. The fourth-order valence-electron chi connectivity index (χ4n) is 2.25. The Bertz CT molecular complexity index is 638. The average Bonchev–Trinajstić information content (AvgIpc) is 3.26. The van der Waals surface area contributed by atoms with E-state index in [-0.39, 0.29) is 12.2 Å². The second-order valence-corrected chi connectivity index (χ2v) is 6.07. The van der Waals surface area contributed by atoms with E-state index < -0.39 is 11.8 Å². The Hall–Kier alpha value is -1.32. The molecule has 2 unspecified atom stereocenters. The molecule has 0 aliphatic heterocycles. The van der Waals surface area contributed by atoms with Crippen molar-refractivity contribution in [2.24, 2.45) is 5.92 Å². The number of allylic oxidation sites excluding steroid dienone is 3. The summed E-state index contributed by atoms with van der Waals surface area (Å²) < 4.78 is 18.3. The van der Waals surface area contributed by atoms with Gasteiger partial charge in [-0.1, -0.05) is 41.4 Å². The van der Waals surface area contributed by atoms with Gasteiger partial charge < -0.3 is 4.74 Å². The molecule has 0 N–H and O–H groups in total. The van der Waals surface area contributed by atoms with Crippen LogP contribution in [0.2, 0.25) is 10.0 Å². The van der Waals surface area contributed by atoms with Gasteiger partial charge in [0.2, 0.25) is 5.83 Å². The summed E-state index contributed by atoms with van der Waals surface area (Å²) in [5.41, 5.74) is 1.40. The molecular formula is C17H17Cl2FO2. The van der Waals surface area contributed by atoms with E-state index in [0.717, 1.165) is 12.0 Å². The lowest BCUT2D eigenvalue weighted by atomic mass is 10.1. The summed E-state index contributed by atoms with van der Waals surface area (Å²) in [4.78, 5) is 11.3. The maximum Gasteiger partial charge on any atom is 0.367 e. The molecule has 1 aromatic carbocycles. The number of halogens is 3. The van der Waals surface area contributed by atoms with Gasteiger partial charge in [-0.2, -0.15) is 4.39 Å². The summed E-state index contributed by atoms with van der Waals surface area (Å²) >= 11 is 11.9. The molecule has 0 heterocycles. The highest BCUT2D eigenvalue weighted by atomic mass is 35.5. The second-order valence-electron chi connectivity index (χ2n) is 5.26. The first kappa shape index (κ1) is 17.0. The number of hydrogen-bond acceptors (Lipinski definition) is 2. The van der Waals surface area contributed by atoms with Crippen LogP contribution in [-0.4, -0.2) is 12.6 Å². The van der Waals surface area contributed by atoms with E-state index in [4.69, 9.17) is 23.2 Å². The summed E-state index contributed by atoms with van der Waals surface area (Å²) in [6, 6.07) is 5.60. The molecule has 0 spiro atoms. The number of esters is 1. The fourth-order valence-corrected chi connectivity index (χ4v) is 2.56. The van der Waals surface area contributed by atoms with Crippen molar-refractivity contribution >= 4 is 29.2 Å². The maximum absolute atomic E-state index is 13.7. The molecule has 22 heavy (non-hydrogen) atoms. The number of rotatable bonds is 5. The van der Waals surface area contributed by atoms with Crippen LogP contribution in [0.1, 0.15) is 31.7 Å². The highest BCUT2D eigenvalue weighted by Gasteiger charge is 2.36. The topological polar surface area (TPSA) is 26.3 Å². The Morgan fingerprint density at radius 3 is 2.77 bits per heavy atom. The van der Waals surface area contributed by atoms with Gasteiger partial charge in [0, 0.05) is 0 Å². The van der Waals surface area contributed by atoms with Crippen molar-refractivity contribution in [3.05, 3.63) is 57.4 Å². The normalized spacial score (nSPS) is 21.7. The monoisotopic (exact) mass is 342 g/mol. The average molecular weight is 343 g/mol. The third-order valence-electron chi connectivity index (χ3n) is 3.61. The first-order valence-electron chi connectivity index (χ1n) is 7.10. The summed E-state index contributed by atoms with van der Waals surface area (Å²) in [5.74, 6) is -1.07. The Morgan fingerprint density at radius 2 is 2.14 bits per heavy atom. The van der Waals surface area contributed by atoms with Crippen molar-refractivity contribution in [2.75, 3.05) is 6.61 Å². The zero-order valence-corrected chi connectivity index (χ0v) is 13.9. The molecule has 0 aromatic heterocycles. The van der Waals surface area contributed by atoms with Gasteiger partial charge in [-0.05, 0) is 55.4 Å². The van der Waals surface area contributed by atoms with Crippen molar-refractivity contribution in [3.8, 4) is 0 Å². The molecule has 2 nitrogen and oxygen atoms in total. The van der Waals surface area contributed by atoms with Crippen molar-refractivity contribution in [3.63, 3.8) is 0 Å². The SMILES string of the molecule is CCOC(=O)C(F)=C(C)C=CC1CC1c1ccc(Cl)c(Cl)c1. The van der Waals surface area contributed by atoms with Gasteiger partial charge in [-0.15, -0.1) is 0 Å². The number of hydrogen-bond donors (Lipinski definition) is 0. The van der Waals surface area contributed by atoms with E-state index in [2.05, 4.69) is 4.74 Å². The predicted octanol–water partition coefficient (Wildman–Crippen LogP) is 5.46. The van der Waals surface area contributed by atoms with E-state index in [0.29, 0.717) is 21.9 Å². The molecule has 2 atom stereocenters. The van der Waals surface area contributed by atoms with Crippen LogP contribution in [-0.2, 0) is 9.53 Å². The lowest BCUT2D eigenvalue weighted by Gasteiger charge is -2.02. The Balaban J connectivity index is 2.00. The third-order valence-corrected chi connectivity index (χ3v) is 4.34. The summed E-state index contributed by atoms with van der Waals surface area (Å²) in [6.07, 6.45) is 4.53. The van der Waals surface area contributed by atoms with Crippen LogP contribution in [0.25, 0.3) is 0 Å². The van der Waals surface area contributed by atoms with Gasteiger partial charge in [-0.25, -0.2) is 4.79 Å². The maximum atomic E-state index is 13.7. The molecule has 1 fully saturated rings.